The van der Waals surface area contributed by atoms with E-state index in [9.17, 15) is 0 Å². The Morgan fingerprint density at radius 1 is 1.16 bits per heavy atom. The fourth-order valence-electron chi connectivity index (χ4n) is 2.77. The van der Waals surface area contributed by atoms with Crippen LogP contribution >= 0.6 is 11.6 Å². The molecule has 1 heterocycles. The first-order valence-corrected chi connectivity index (χ1v) is 6.96. The summed E-state index contributed by atoms with van der Waals surface area (Å²) < 4.78 is 0. The van der Waals surface area contributed by atoms with Gasteiger partial charge in [-0.2, -0.15) is 0 Å². The topological polar surface area (TPSA) is 15.3 Å². The summed E-state index contributed by atoms with van der Waals surface area (Å²) in [5.41, 5.74) is 5.07. The van der Waals surface area contributed by atoms with E-state index in [4.69, 9.17) is 11.6 Å². The van der Waals surface area contributed by atoms with E-state index in [1.807, 2.05) is 19.2 Å². The maximum atomic E-state index is 6.44. The first-order chi connectivity index (χ1) is 9.31. The van der Waals surface area contributed by atoms with Gasteiger partial charge in [0.2, 0.25) is 0 Å². The van der Waals surface area contributed by atoms with Gasteiger partial charge in [0.15, 0.2) is 0 Å². The molecule has 2 nitrogen and oxygen atoms in total. The summed E-state index contributed by atoms with van der Waals surface area (Å²) >= 11 is 6.44. The Hall–Kier alpha value is -1.51. The molecule has 0 fully saturated rings. The van der Waals surface area contributed by atoms with E-state index in [0.29, 0.717) is 0 Å². The summed E-state index contributed by atoms with van der Waals surface area (Å²) in [7, 11) is 1.96. The predicted molar refractivity (Wildman–Crippen MR) is 81.4 cm³/mol. The van der Waals surface area contributed by atoms with Gasteiger partial charge in [-0.15, -0.1) is 0 Å². The van der Waals surface area contributed by atoms with E-state index in [2.05, 4.69) is 40.5 Å². The van der Waals surface area contributed by atoms with Crippen molar-refractivity contribution in [2.75, 3.05) is 18.5 Å². The molecule has 98 valence electrons. The number of benzene rings is 2. The van der Waals surface area contributed by atoms with Crippen LogP contribution in [0.25, 0.3) is 0 Å². The van der Waals surface area contributed by atoms with Crippen molar-refractivity contribution in [3.8, 4) is 0 Å². The van der Waals surface area contributed by atoms with Gasteiger partial charge >= 0.3 is 0 Å². The Bertz CT molecular complexity index is 595. The molecule has 19 heavy (non-hydrogen) atoms. The molecule has 0 aliphatic carbocycles. The first kappa shape index (κ1) is 12.5. The van der Waals surface area contributed by atoms with E-state index in [1.54, 1.807) is 0 Å². The molecule has 3 heteroatoms. The second kappa shape index (κ2) is 5.24. The lowest BCUT2D eigenvalue weighted by Gasteiger charge is -2.24. The van der Waals surface area contributed by atoms with Crippen molar-refractivity contribution in [2.24, 2.45) is 0 Å². The van der Waals surface area contributed by atoms with Crippen molar-refractivity contribution >= 4 is 23.0 Å². The molecule has 1 aliphatic rings. The third kappa shape index (κ3) is 2.22. The molecule has 0 atom stereocenters. The number of nitrogens with zero attached hydrogens (tertiary/aromatic N) is 1. The van der Waals surface area contributed by atoms with E-state index in [-0.39, 0.29) is 0 Å². The molecule has 0 saturated heterocycles. The molecule has 0 aromatic heterocycles. The highest BCUT2D eigenvalue weighted by atomic mass is 35.5. The highest BCUT2D eigenvalue weighted by Crippen LogP contribution is 2.40. The Labute approximate surface area is 119 Å². The zero-order chi connectivity index (χ0) is 13.2. The molecule has 1 N–H and O–H groups in total. The van der Waals surface area contributed by atoms with Crippen LogP contribution in [-0.4, -0.2) is 13.6 Å². The molecular formula is C16H17ClN2. The number of fused-ring (bicyclic) bond motifs is 1. The van der Waals surface area contributed by atoms with Crippen molar-refractivity contribution < 1.29 is 0 Å². The number of anilines is 2. The minimum atomic E-state index is 0.824. The van der Waals surface area contributed by atoms with Crippen LogP contribution in [0.1, 0.15) is 11.1 Å². The number of halogens is 1. The normalized spacial score (nSPS) is 13.7. The second-order valence-electron chi connectivity index (χ2n) is 4.81. The molecular weight excluding hydrogens is 256 g/mol. The molecule has 0 spiro atoms. The molecule has 0 saturated carbocycles. The Morgan fingerprint density at radius 2 is 2.00 bits per heavy atom. The van der Waals surface area contributed by atoms with E-state index in [1.165, 1.54) is 16.8 Å². The van der Waals surface area contributed by atoms with Crippen molar-refractivity contribution in [3.05, 3.63) is 58.6 Å². The van der Waals surface area contributed by atoms with Crippen LogP contribution in [0, 0.1) is 0 Å². The maximum Gasteiger partial charge on any atom is 0.0646 e. The van der Waals surface area contributed by atoms with Gasteiger partial charge in [-0.3, -0.25) is 0 Å². The average molecular weight is 273 g/mol. The van der Waals surface area contributed by atoms with E-state index in [0.717, 1.165) is 30.2 Å². The van der Waals surface area contributed by atoms with Gasteiger partial charge in [0, 0.05) is 18.8 Å². The third-order valence-corrected chi connectivity index (χ3v) is 3.90. The van der Waals surface area contributed by atoms with Crippen LogP contribution in [0.2, 0.25) is 5.02 Å². The lowest BCUT2D eigenvalue weighted by atomic mass is 10.1. The smallest absolute Gasteiger partial charge is 0.0646 e. The van der Waals surface area contributed by atoms with Crippen LogP contribution in [0.5, 0.6) is 0 Å². The molecule has 0 amide bonds. The lowest BCUT2D eigenvalue weighted by molar-refractivity contribution is 0.813. The molecule has 1 aliphatic heterocycles. The van der Waals surface area contributed by atoms with Crippen LogP contribution in [0.4, 0.5) is 11.4 Å². The SMILES string of the molecule is CNCc1cccc(Cl)c1N1CCc2ccccc21. The molecule has 0 bridgehead atoms. The number of rotatable bonds is 3. The second-order valence-corrected chi connectivity index (χ2v) is 5.22. The van der Waals surface area contributed by atoms with Gasteiger partial charge in [-0.05, 0) is 36.7 Å². The lowest BCUT2D eigenvalue weighted by Crippen LogP contribution is -2.18. The highest BCUT2D eigenvalue weighted by Gasteiger charge is 2.23. The zero-order valence-corrected chi connectivity index (χ0v) is 11.7. The molecule has 3 rings (SSSR count). The molecule has 0 radical (unpaired) electrons. The van der Waals surface area contributed by atoms with Crippen molar-refractivity contribution in [2.45, 2.75) is 13.0 Å². The summed E-state index contributed by atoms with van der Waals surface area (Å²) in [6.45, 7) is 1.83. The van der Waals surface area contributed by atoms with Crippen LogP contribution in [-0.2, 0) is 13.0 Å². The summed E-state index contributed by atoms with van der Waals surface area (Å²) in [5.74, 6) is 0. The van der Waals surface area contributed by atoms with Gasteiger partial charge in [-0.1, -0.05) is 41.9 Å². The van der Waals surface area contributed by atoms with Gasteiger partial charge in [0.25, 0.3) is 0 Å². The van der Waals surface area contributed by atoms with E-state index >= 15 is 0 Å². The maximum absolute atomic E-state index is 6.44. The number of hydrogen-bond acceptors (Lipinski definition) is 2. The monoisotopic (exact) mass is 272 g/mol. The third-order valence-electron chi connectivity index (χ3n) is 3.59. The van der Waals surface area contributed by atoms with Crippen molar-refractivity contribution in [1.29, 1.82) is 0 Å². The van der Waals surface area contributed by atoms with Gasteiger partial charge in [0.1, 0.15) is 0 Å². The van der Waals surface area contributed by atoms with E-state index < -0.39 is 0 Å². The van der Waals surface area contributed by atoms with Gasteiger partial charge in [0.05, 0.1) is 10.7 Å². The number of nitrogens with one attached hydrogen (secondary N) is 1. The summed E-state index contributed by atoms with van der Waals surface area (Å²) in [5, 5.41) is 4.04. The Kier molecular flexibility index (Phi) is 3.45. The molecule has 2 aromatic rings. The quantitative estimate of drug-likeness (QED) is 0.915. The fraction of sp³-hybridized carbons (Fsp3) is 0.250. The zero-order valence-electron chi connectivity index (χ0n) is 11.0. The largest absolute Gasteiger partial charge is 0.339 e. The van der Waals surface area contributed by atoms with Gasteiger partial charge in [-0.25, -0.2) is 0 Å². The van der Waals surface area contributed by atoms with Crippen LogP contribution in [0.15, 0.2) is 42.5 Å². The van der Waals surface area contributed by atoms with Crippen molar-refractivity contribution in [3.63, 3.8) is 0 Å². The standard InChI is InChI=1S/C16H17ClN2/c1-18-11-13-6-4-7-14(17)16(13)19-10-9-12-5-2-3-8-15(12)19/h2-8,18H,9-11H2,1H3. The summed E-state index contributed by atoms with van der Waals surface area (Å²) in [6, 6.07) is 14.7. The van der Waals surface area contributed by atoms with Crippen LogP contribution in [0.3, 0.4) is 0 Å². The van der Waals surface area contributed by atoms with Crippen LogP contribution < -0.4 is 10.2 Å². The Morgan fingerprint density at radius 3 is 2.84 bits per heavy atom. The number of para-hydroxylation sites is 2. The minimum absolute atomic E-state index is 0.824. The summed E-state index contributed by atoms with van der Waals surface area (Å²) in [4.78, 5) is 2.34. The molecule has 2 aromatic carbocycles. The highest BCUT2D eigenvalue weighted by molar-refractivity contribution is 6.33. The summed E-state index contributed by atoms with van der Waals surface area (Å²) in [6.07, 6.45) is 1.08. The fourth-order valence-corrected chi connectivity index (χ4v) is 3.06. The first-order valence-electron chi connectivity index (χ1n) is 6.58. The molecule has 0 unspecified atom stereocenters. The minimum Gasteiger partial charge on any atom is -0.339 e. The van der Waals surface area contributed by atoms with Crippen molar-refractivity contribution in [1.82, 2.24) is 5.32 Å². The average Bonchev–Trinajstić information content (AvgIpc) is 2.83. The predicted octanol–water partition coefficient (Wildman–Crippen LogP) is 3.75. The number of hydrogen-bond donors (Lipinski definition) is 1. The van der Waals surface area contributed by atoms with Gasteiger partial charge < -0.3 is 10.2 Å². The Balaban J connectivity index is 2.09.